The molecule has 0 radical (unpaired) electrons. The van der Waals surface area contributed by atoms with Crippen molar-refractivity contribution in [2.75, 3.05) is 145 Å². The van der Waals surface area contributed by atoms with E-state index < -0.39 is 11.7 Å². The molecular weight excluding hydrogens is 566 g/mol. The van der Waals surface area contributed by atoms with Crippen molar-refractivity contribution in [1.82, 2.24) is 5.32 Å². The van der Waals surface area contributed by atoms with Crippen LogP contribution in [-0.4, -0.2) is 156 Å². The molecule has 0 aliphatic rings. The van der Waals surface area contributed by atoms with Gasteiger partial charge in [0.15, 0.2) is 0 Å². The number of alkyl carbamates (subject to hydrolysis) is 1. The lowest BCUT2D eigenvalue weighted by Crippen LogP contribution is -2.34. The van der Waals surface area contributed by atoms with Crippen LogP contribution in [0.5, 0.6) is 0 Å². The minimum atomic E-state index is -0.509. The monoisotopic (exact) mass is 619 g/mol. The van der Waals surface area contributed by atoms with Crippen molar-refractivity contribution in [3.63, 3.8) is 0 Å². The maximum absolute atomic E-state index is 11.5. The molecule has 1 amide bonds. The molecule has 0 saturated heterocycles. The minimum Gasteiger partial charge on any atom is -0.444 e. The molecule has 0 bridgehead atoms. The normalized spacial score (nSPS) is 11.7. The van der Waals surface area contributed by atoms with E-state index in [1.165, 1.54) is 0 Å². The molecule has 41 heavy (non-hydrogen) atoms. The third-order valence-corrected chi connectivity index (χ3v) is 4.64. The minimum absolute atomic E-state index is 0.384. The Morgan fingerprint density at radius 1 is 0.463 bits per heavy atom. The van der Waals surface area contributed by atoms with Crippen LogP contribution in [0.15, 0.2) is 0 Å². The molecule has 0 aromatic rings. The van der Waals surface area contributed by atoms with E-state index in [9.17, 15) is 4.79 Å². The molecule has 0 aliphatic carbocycles. The summed E-state index contributed by atoms with van der Waals surface area (Å²) in [5.41, 5.74) is -0.509. The van der Waals surface area contributed by atoms with E-state index in [4.69, 9.17) is 63.7 Å². The van der Waals surface area contributed by atoms with E-state index in [1.807, 2.05) is 20.8 Å². The number of hydrogen-bond acceptors (Lipinski definition) is 12. The summed E-state index contributed by atoms with van der Waals surface area (Å²) in [6, 6.07) is 0. The molecular formula is C27H54ClNO12. The van der Waals surface area contributed by atoms with Crippen molar-refractivity contribution >= 4 is 17.7 Å². The molecule has 0 aromatic carbocycles. The summed E-state index contributed by atoms with van der Waals surface area (Å²) in [6.45, 7) is 15.8. The number of ether oxygens (including phenoxy) is 11. The van der Waals surface area contributed by atoms with Crippen molar-refractivity contribution < 1.29 is 56.9 Å². The molecule has 0 saturated carbocycles. The molecule has 0 spiro atoms. The van der Waals surface area contributed by atoms with Gasteiger partial charge in [-0.1, -0.05) is 0 Å². The second-order valence-corrected chi connectivity index (χ2v) is 9.62. The van der Waals surface area contributed by atoms with Crippen LogP contribution in [0, 0.1) is 0 Å². The van der Waals surface area contributed by atoms with Gasteiger partial charge in [0, 0.05) is 12.4 Å². The van der Waals surface area contributed by atoms with Gasteiger partial charge in [-0.15, -0.1) is 11.6 Å². The SMILES string of the molecule is CC(C)(C)OC(=O)NCCOCCOCCOCCOCCOCCOCCOCCOCCOCCOCCCl. The Kier molecular flexibility index (Phi) is 31.4. The number of nitrogens with one attached hydrogen (secondary N) is 1. The third-order valence-electron chi connectivity index (χ3n) is 4.48. The van der Waals surface area contributed by atoms with Crippen molar-refractivity contribution in [3.8, 4) is 0 Å². The number of carbonyl (C=O) groups is 1. The lowest BCUT2D eigenvalue weighted by atomic mass is 10.2. The maximum Gasteiger partial charge on any atom is 0.407 e. The lowest BCUT2D eigenvalue weighted by Gasteiger charge is -2.19. The zero-order valence-electron chi connectivity index (χ0n) is 25.3. The molecule has 0 fully saturated rings. The van der Waals surface area contributed by atoms with Crippen LogP contribution in [0.2, 0.25) is 0 Å². The zero-order chi connectivity index (χ0) is 30.1. The molecule has 0 aliphatic heterocycles. The van der Waals surface area contributed by atoms with Crippen LogP contribution in [0.4, 0.5) is 4.79 Å². The third kappa shape index (κ3) is 37.1. The Morgan fingerprint density at radius 2 is 0.707 bits per heavy atom. The highest BCUT2D eigenvalue weighted by molar-refractivity contribution is 6.17. The van der Waals surface area contributed by atoms with E-state index in [2.05, 4.69) is 5.32 Å². The lowest BCUT2D eigenvalue weighted by molar-refractivity contribution is -0.0262. The highest BCUT2D eigenvalue weighted by Crippen LogP contribution is 2.06. The Labute approximate surface area is 250 Å². The van der Waals surface area contributed by atoms with Gasteiger partial charge in [-0.05, 0) is 20.8 Å². The van der Waals surface area contributed by atoms with Gasteiger partial charge in [0.05, 0.1) is 132 Å². The number of alkyl halides is 1. The summed E-state index contributed by atoms with van der Waals surface area (Å²) in [5, 5.41) is 2.63. The van der Waals surface area contributed by atoms with Gasteiger partial charge in [0.25, 0.3) is 0 Å². The van der Waals surface area contributed by atoms with Crippen LogP contribution in [0.25, 0.3) is 0 Å². The smallest absolute Gasteiger partial charge is 0.407 e. The summed E-state index contributed by atoms with van der Waals surface area (Å²) >= 11 is 5.50. The number of halogens is 1. The predicted molar refractivity (Wildman–Crippen MR) is 153 cm³/mol. The average Bonchev–Trinajstić information content (AvgIpc) is 2.92. The summed E-state index contributed by atoms with van der Waals surface area (Å²) in [5.74, 6) is 0.495. The standard InChI is InChI=1S/C27H54ClNO12/c1-27(2,3)41-26(30)29-5-7-32-9-11-34-13-15-36-17-19-38-21-23-40-25-24-39-22-20-37-18-16-35-14-12-33-10-8-31-6-4-28/h4-25H2,1-3H3,(H,29,30). The summed E-state index contributed by atoms with van der Waals surface area (Å²) in [4.78, 5) is 11.5. The van der Waals surface area contributed by atoms with E-state index in [-0.39, 0.29) is 0 Å². The van der Waals surface area contributed by atoms with E-state index in [0.717, 1.165) is 0 Å². The number of rotatable bonds is 32. The van der Waals surface area contributed by atoms with Gasteiger partial charge >= 0.3 is 6.09 Å². The summed E-state index contributed by atoms with van der Waals surface area (Å²) in [7, 11) is 0. The maximum atomic E-state index is 11.5. The summed E-state index contributed by atoms with van der Waals surface area (Å²) in [6.07, 6.45) is -0.452. The second-order valence-electron chi connectivity index (χ2n) is 9.24. The van der Waals surface area contributed by atoms with Crippen LogP contribution in [-0.2, 0) is 52.1 Å². The van der Waals surface area contributed by atoms with Crippen molar-refractivity contribution in [3.05, 3.63) is 0 Å². The van der Waals surface area contributed by atoms with Crippen LogP contribution in [0.1, 0.15) is 20.8 Å². The molecule has 0 aromatic heterocycles. The van der Waals surface area contributed by atoms with Gasteiger partial charge in [-0.3, -0.25) is 0 Å². The Balaban J connectivity index is 3.09. The first-order chi connectivity index (χ1) is 20.0. The fourth-order valence-electron chi connectivity index (χ4n) is 2.68. The fourth-order valence-corrected chi connectivity index (χ4v) is 2.78. The molecule has 246 valence electrons. The van der Waals surface area contributed by atoms with Crippen LogP contribution in [0.3, 0.4) is 0 Å². The molecule has 0 rings (SSSR count). The Bertz CT molecular complexity index is 543. The van der Waals surface area contributed by atoms with Gasteiger partial charge in [0.2, 0.25) is 0 Å². The topological polar surface area (TPSA) is 131 Å². The zero-order valence-corrected chi connectivity index (χ0v) is 26.1. The fraction of sp³-hybridized carbons (Fsp3) is 0.963. The van der Waals surface area contributed by atoms with Gasteiger partial charge in [-0.25, -0.2) is 4.79 Å². The highest BCUT2D eigenvalue weighted by Gasteiger charge is 2.15. The molecule has 0 unspecified atom stereocenters. The molecule has 0 heterocycles. The quantitative estimate of drug-likeness (QED) is 0.0872. The van der Waals surface area contributed by atoms with Gasteiger partial charge in [0.1, 0.15) is 5.60 Å². The van der Waals surface area contributed by atoms with E-state index in [1.54, 1.807) is 0 Å². The number of hydrogen-bond donors (Lipinski definition) is 1. The predicted octanol–water partition coefficient (Wildman–Crippen LogP) is 1.92. The number of carbonyl (C=O) groups excluding carboxylic acids is 1. The van der Waals surface area contributed by atoms with E-state index >= 15 is 0 Å². The molecule has 0 atom stereocenters. The Morgan fingerprint density at radius 3 is 0.951 bits per heavy atom. The van der Waals surface area contributed by atoms with Crippen molar-refractivity contribution in [2.45, 2.75) is 26.4 Å². The van der Waals surface area contributed by atoms with Gasteiger partial charge in [-0.2, -0.15) is 0 Å². The largest absolute Gasteiger partial charge is 0.444 e. The van der Waals surface area contributed by atoms with Crippen molar-refractivity contribution in [2.24, 2.45) is 0 Å². The molecule has 1 N–H and O–H groups in total. The summed E-state index contributed by atoms with van der Waals surface area (Å²) < 4.78 is 59.1. The molecule has 13 nitrogen and oxygen atoms in total. The number of amides is 1. The first-order valence-corrected chi connectivity index (χ1v) is 14.8. The van der Waals surface area contributed by atoms with Crippen LogP contribution < -0.4 is 5.32 Å². The van der Waals surface area contributed by atoms with Gasteiger partial charge < -0.3 is 57.4 Å². The molecule has 14 heteroatoms. The van der Waals surface area contributed by atoms with Crippen molar-refractivity contribution in [1.29, 1.82) is 0 Å². The first-order valence-electron chi connectivity index (χ1n) is 14.3. The van der Waals surface area contributed by atoms with Crippen LogP contribution >= 0.6 is 11.6 Å². The first kappa shape index (κ1) is 40.2. The second kappa shape index (κ2) is 32.1. The van der Waals surface area contributed by atoms with E-state index in [0.29, 0.717) is 145 Å². The Hall–Kier alpha value is -0.840. The average molecular weight is 620 g/mol. The highest BCUT2D eigenvalue weighted by atomic mass is 35.5.